The zero-order valence-electron chi connectivity index (χ0n) is 23.0. The fourth-order valence-electron chi connectivity index (χ4n) is 5.23. The van der Waals surface area contributed by atoms with Gasteiger partial charge in [0.2, 0.25) is 0 Å². The first-order chi connectivity index (χ1) is 20.1. The van der Waals surface area contributed by atoms with Gasteiger partial charge >= 0.3 is 18.3 Å². The number of nitrogens with zero attached hydrogens (tertiary/aromatic N) is 1. The summed E-state index contributed by atoms with van der Waals surface area (Å²) in [5, 5.41) is 12.5. The lowest BCUT2D eigenvalue weighted by molar-refractivity contribution is -0.143. The summed E-state index contributed by atoms with van der Waals surface area (Å²) in [6.07, 6.45) is -9.33. The molecule has 43 heavy (non-hydrogen) atoms. The molecule has 1 unspecified atom stereocenters. The van der Waals surface area contributed by atoms with E-state index >= 15 is 0 Å². The highest BCUT2D eigenvalue weighted by atomic mass is 35.5. The molecule has 2 N–H and O–H groups in total. The number of rotatable bonds is 8. The molecule has 0 aliphatic carbocycles. The number of carboxylic acid groups (broad SMARTS) is 1. The Balaban J connectivity index is 1.57. The van der Waals surface area contributed by atoms with E-state index in [0.29, 0.717) is 47.3 Å². The number of hydrogen-bond acceptors (Lipinski definition) is 3. The second-order valence-electron chi connectivity index (χ2n) is 10.6. The summed E-state index contributed by atoms with van der Waals surface area (Å²) in [7, 11) is 0. The standard InChI is InChI=1S/C31H29ClF6N2O3/c1-18-15-20(25-16-22(31(36,37)38)7-11-26(25)32)6-10-24(18)27(12-13-30(33,34)35)39-23-8-4-19(5-9-23)28(41)40-14-2-3-21(17-40)29(42)43/h4-11,15-16,21,27,39H,2-3,12-14,17H2,1H3,(H,42,43)/t21-,27?/m1/s1. The van der Waals surface area contributed by atoms with Crippen molar-refractivity contribution in [1.82, 2.24) is 4.90 Å². The zero-order chi connectivity index (χ0) is 31.5. The van der Waals surface area contributed by atoms with Crippen LogP contribution in [0.5, 0.6) is 0 Å². The van der Waals surface area contributed by atoms with Gasteiger partial charge in [0.15, 0.2) is 0 Å². The Kier molecular flexibility index (Phi) is 9.63. The average Bonchev–Trinajstić information content (AvgIpc) is 2.94. The second kappa shape index (κ2) is 12.9. The van der Waals surface area contributed by atoms with Gasteiger partial charge in [-0.3, -0.25) is 9.59 Å². The molecule has 5 nitrogen and oxygen atoms in total. The molecule has 0 aromatic heterocycles. The summed E-state index contributed by atoms with van der Waals surface area (Å²) < 4.78 is 79.5. The van der Waals surface area contributed by atoms with Gasteiger partial charge in [0.25, 0.3) is 5.91 Å². The number of anilines is 1. The Labute approximate surface area is 249 Å². The van der Waals surface area contributed by atoms with Crippen molar-refractivity contribution in [2.24, 2.45) is 5.92 Å². The van der Waals surface area contributed by atoms with Gasteiger partial charge in [0.05, 0.1) is 17.5 Å². The minimum Gasteiger partial charge on any atom is -0.481 e. The number of aliphatic carboxylic acids is 1. The van der Waals surface area contributed by atoms with Crippen molar-refractivity contribution >= 4 is 29.2 Å². The predicted octanol–water partition coefficient (Wildman–Crippen LogP) is 8.77. The van der Waals surface area contributed by atoms with E-state index in [4.69, 9.17) is 11.6 Å². The lowest BCUT2D eigenvalue weighted by atomic mass is 9.93. The van der Waals surface area contributed by atoms with Crippen LogP contribution in [0.25, 0.3) is 11.1 Å². The fraction of sp³-hybridized carbons (Fsp3) is 0.355. The van der Waals surface area contributed by atoms with Gasteiger partial charge in [-0.2, -0.15) is 26.3 Å². The van der Waals surface area contributed by atoms with Crippen molar-refractivity contribution in [1.29, 1.82) is 0 Å². The SMILES string of the molecule is Cc1cc(-c2cc(C(F)(F)F)ccc2Cl)ccc1C(CCC(F)(F)F)Nc1ccc(C(=O)N2CCC[C@@H](C(=O)O)C2)cc1. The Morgan fingerprint density at radius 2 is 1.72 bits per heavy atom. The number of aryl methyl sites for hydroxylation is 1. The average molecular weight is 627 g/mol. The quantitative estimate of drug-likeness (QED) is 0.245. The molecule has 0 saturated carbocycles. The van der Waals surface area contributed by atoms with Crippen LogP contribution in [0.2, 0.25) is 5.02 Å². The van der Waals surface area contributed by atoms with E-state index < -0.39 is 42.3 Å². The molecule has 0 bridgehead atoms. The number of nitrogens with one attached hydrogen (secondary N) is 1. The van der Waals surface area contributed by atoms with Crippen LogP contribution < -0.4 is 5.32 Å². The first kappa shape index (κ1) is 32.2. The number of carboxylic acids is 1. The van der Waals surface area contributed by atoms with Crippen molar-refractivity contribution < 1.29 is 41.0 Å². The molecule has 230 valence electrons. The monoisotopic (exact) mass is 626 g/mol. The van der Waals surface area contributed by atoms with Gasteiger partial charge in [0, 0.05) is 41.3 Å². The van der Waals surface area contributed by atoms with E-state index in [1.165, 1.54) is 23.1 Å². The number of halogens is 7. The number of carbonyl (C=O) groups excluding carboxylic acids is 1. The third kappa shape index (κ3) is 8.22. The maximum atomic E-state index is 13.3. The van der Waals surface area contributed by atoms with E-state index in [9.17, 15) is 41.0 Å². The molecule has 3 aromatic rings. The summed E-state index contributed by atoms with van der Waals surface area (Å²) in [6.45, 7) is 2.20. The van der Waals surface area contributed by atoms with Crippen LogP contribution in [0.4, 0.5) is 32.0 Å². The fourth-order valence-corrected chi connectivity index (χ4v) is 5.45. The van der Waals surface area contributed by atoms with Crippen LogP contribution in [0.15, 0.2) is 60.7 Å². The maximum absolute atomic E-state index is 13.3. The van der Waals surface area contributed by atoms with Gasteiger partial charge < -0.3 is 15.3 Å². The number of hydrogen-bond donors (Lipinski definition) is 2. The molecular formula is C31H29ClF6N2O3. The van der Waals surface area contributed by atoms with E-state index in [1.807, 2.05) is 0 Å². The summed E-state index contributed by atoms with van der Waals surface area (Å²) in [6, 6.07) is 13.0. The zero-order valence-corrected chi connectivity index (χ0v) is 23.8. The van der Waals surface area contributed by atoms with Crippen molar-refractivity contribution in [2.45, 2.75) is 51.0 Å². The topological polar surface area (TPSA) is 69.6 Å². The molecule has 4 rings (SSSR count). The van der Waals surface area contributed by atoms with Gasteiger partial charge in [-0.1, -0.05) is 29.8 Å². The second-order valence-corrected chi connectivity index (χ2v) is 11.0. The first-order valence-electron chi connectivity index (χ1n) is 13.6. The molecule has 1 saturated heterocycles. The number of benzene rings is 3. The Morgan fingerprint density at radius 3 is 2.33 bits per heavy atom. The predicted molar refractivity (Wildman–Crippen MR) is 151 cm³/mol. The molecule has 1 fully saturated rings. The number of carbonyl (C=O) groups is 2. The van der Waals surface area contributed by atoms with E-state index in [2.05, 4.69) is 5.32 Å². The molecule has 12 heteroatoms. The molecule has 0 spiro atoms. The summed E-state index contributed by atoms with van der Waals surface area (Å²) in [4.78, 5) is 25.8. The van der Waals surface area contributed by atoms with Gasteiger partial charge in [-0.25, -0.2) is 0 Å². The molecular weight excluding hydrogens is 598 g/mol. The highest BCUT2D eigenvalue weighted by molar-refractivity contribution is 6.33. The summed E-state index contributed by atoms with van der Waals surface area (Å²) in [5.74, 6) is -1.92. The van der Waals surface area contributed by atoms with E-state index in [1.54, 1.807) is 31.2 Å². The van der Waals surface area contributed by atoms with Gasteiger partial charge in [-0.15, -0.1) is 0 Å². The largest absolute Gasteiger partial charge is 0.481 e. The van der Waals surface area contributed by atoms with Crippen LogP contribution >= 0.6 is 11.6 Å². The minimum atomic E-state index is -4.57. The number of likely N-dealkylation sites (tertiary alicyclic amines) is 1. The van der Waals surface area contributed by atoms with Crippen molar-refractivity contribution in [3.05, 3.63) is 87.9 Å². The van der Waals surface area contributed by atoms with Gasteiger partial charge in [0.1, 0.15) is 0 Å². The molecule has 3 aromatic carbocycles. The Hall–Kier alpha value is -3.73. The maximum Gasteiger partial charge on any atom is 0.416 e. The van der Waals surface area contributed by atoms with Crippen molar-refractivity contribution in [3.8, 4) is 11.1 Å². The molecule has 2 atom stereocenters. The first-order valence-corrected chi connectivity index (χ1v) is 13.9. The molecule has 1 aliphatic rings. The minimum absolute atomic E-state index is 0.101. The van der Waals surface area contributed by atoms with Crippen LogP contribution in [-0.4, -0.2) is 41.1 Å². The third-order valence-corrected chi connectivity index (χ3v) is 7.83. The number of piperidine rings is 1. The summed E-state index contributed by atoms with van der Waals surface area (Å²) in [5.41, 5.74) is 1.51. The van der Waals surface area contributed by atoms with Gasteiger partial charge in [-0.05, 0) is 85.3 Å². The number of alkyl halides is 6. The molecule has 0 radical (unpaired) electrons. The molecule has 1 amide bonds. The lowest BCUT2D eigenvalue weighted by Gasteiger charge is -2.30. The van der Waals surface area contributed by atoms with Crippen LogP contribution in [-0.2, 0) is 11.0 Å². The van der Waals surface area contributed by atoms with Crippen LogP contribution in [0, 0.1) is 12.8 Å². The Bertz CT molecular complexity index is 1470. The third-order valence-electron chi connectivity index (χ3n) is 7.50. The normalized spacial score (nSPS) is 16.6. The van der Waals surface area contributed by atoms with Crippen LogP contribution in [0.3, 0.4) is 0 Å². The highest BCUT2D eigenvalue weighted by Gasteiger charge is 2.32. The molecule has 1 aliphatic heterocycles. The molecule has 1 heterocycles. The van der Waals surface area contributed by atoms with Crippen LogP contribution in [0.1, 0.15) is 58.8 Å². The number of amides is 1. The Morgan fingerprint density at radius 1 is 1.02 bits per heavy atom. The van der Waals surface area contributed by atoms with E-state index in [0.717, 1.165) is 18.2 Å². The van der Waals surface area contributed by atoms with Crippen molar-refractivity contribution in [2.75, 3.05) is 18.4 Å². The smallest absolute Gasteiger partial charge is 0.416 e. The highest BCUT2D eigenvalue weighted by Crippen LogP contribution is 2.38. The summed E-state index contributed by atoms with van der Waals surface area (Å²) >= 11 is 6.19. The lowest BCUT2D eigenvalue weighted by Crippen LogP contribution is -2.42. The van der Waals surface area contributed by atoms with E-state index in [-0.39, 0.29) is 29.5 Å². The van der Waals surface area contributed by atoms with Crippen molar-refractivity contribution in [3.63, 3.8) is 0 Å².